The monoisotopic (exact) mass is 328 g/mol. The number of phenols is 1. The van der Waals surface area contributed by atoms with Crippen LogP contribution in [0, 0.1) is 0 Å². The van der Waals surface area contributed by atoms with E-state index < -0.39 is 0 Å². The first kappa shape index (κ1) is 17.8. The van der Waals surface area contributed by atoms with Crippen molar-refractivity contribution in [3.8, 4) is 17.2 Å². The van der Waals surface area contributed by atoms with Gasteiger partial charge in [-0.05, 0) is 12.1 Å². The maximum atomic E-state index is 9.56. The van der Waals surface area contributed by atoms with Crippen LogP contribution >= 0.6 is 0 Å². The van der Waals surface area contributed by atoms with Crippen LogP contribution in [0.15, 0.2) is 18.2 Å². The molecule has 130 valence electrons. The summed E-state index contributed by atoms with van der Waals surface area (Å²) in [6.45, 7) is 4.74. The average molecular weight is 328 g/mol. The summed E-state index contributed by atoms with van der Waals surface area (Å²) in [5, 5.41) is 9.56. The van der Waals surface area contributed by atoms with Crippen molar-refractivity contribution >= 4 is 0 Å². The molecule has 0 unspecified atom stereocenters. The summed E-state index contributed by atoms with van der Waals surface area (Å²) < 4.78 is 32.8. The van der Waals surface area contributed by atoms with Crippen LogP contribution in [0.25, 0.3) is 0 Å². The van der Waals surface area contributed by atoms with E-state index in [4.69, 9.17) is 28.4 Å². The Hall–Kier alpha value is -1.54. The van der Waals surface area contributed by atoms with Crippen molar-refractivity contribution in [3.63, 3.8) is 0 Å². The first-order valence-corrected chi connectivity index (χ1v) is 7.76. The van der Waals surface area contributed by atoms with Gasteiger partial charge in [0, 0.05) is 6.07 Å². The molecule has 0 amide bonds. The van der Waals surface area contributed by atoms with Gasteiger partial charge in [-0.2, -0.15) is 0 Å². The van der Waals surface area contributed by atoms with Crippen molar-refractivity contribution in [2.24, 2.45) is 0 Å². The minimum Gasteiger partial charge on any atom is -0.508 e. The molecule has 1 N–H and O–H groups in total. The van der Waals surface area contributed by atoms with Crippen LogP contribution in [0.4, 0.5) is 0 Å². The average Bonchev–Trinajstić information content (AvgIpc) is 2.55. The Kier molecular flexibility index (Phi) is 8.57. The summed E-state index contributed by atoms with van der Waals surface area (Å²) in [6, 6.07) is 4.74. The lowest BCUT2D eigenvalue weighted by molar-refractivity contribution is -0.00842. The predicted octanol–water partition coefficient (Wildman–Crippen LogP) is 1.23. The van der Waals surface area contributed by atoms with Gasteiger partial charge in [0.05, 0.1) is 52.9 Å². The molecular weight excluding hydrogens is 304 g/mol. The second-order valence-electron chi connectivity index (χ2n) is 4.78. The van der Waals surface area contributed by atoms with E-state index >= 15 is 0 Å². The van der Waals surface area contributed by atoms with Gasteiger partial charge in [0.15, 0.2) is 11.5 Å². The van der Waals surface area contributed by atoms with Gasteiger partial charge < -0.3 is 33.5 Å². The van der Waals surface area contributed by atoms with Gasteiger partial charge in [0.1, 0.15) is 19.0 Å². The SMILES string of the molecule is Oc1ccc2c(c1)OCCOCCOCCOCCOCCO2. The van der Waals surface area contributed by atoms with Crippen LogP contribution in [0.1, 0.15) is 0 Å². The molecule has 1 aromatic rings. The highest BCUT2D eigenvalue weighted by atomic mass is 16.6. The molecule has 0 saturated heterocycles. The molecule has 1 aromatic carbocycles. The highest BCUT2D eigenvalue weighted by Gasteiger charge is 2.07. The number of aromatic hydroxyl groups is 1. The third kappa shape index (κ3) is 7.51. The van der Waals surface area contributed by atoms with Crippen molar-refractivity contribution < 1.29 is 33.5 Å². The van der Waals surface area contributed by atoms with E-state index in [1.54, 1.807) is 12.1 Å². The topological polar surface area (TPSA) is 75.6 Å². The Balaban J connectivity index is 1.84. The maximum absolute atomic E-state index is 9.56. The van der Waals surface area contributed by atoms with Gasteiger partial charge in [-0.1, -0.05) is 0 Å². The second kappa shape index (κ2) is 11.1. The van der Waals surface area contributed by atoms with Crippen molar-refractivity contribution in [3.05, 3.63) is 18.2 Å². The van der Waals surface area contributed by atoms with Crippen LogP contribution in [0.3, 0.4) is 0 Å². The largest absolute Gasteiger partial charge is 0.508 e. The lowest BCUT2D eigenvalue weighted by Gasteiger charge is -2.14. The fourth-order valence-corrected chi connectivity index (χ4v) is 1.91. The zero-order valence-electron chi connectivity index (χ0n) is 13.2. The summed E-state index contributed by atoms with van der Waals surface area (Å²) >= 11 is 0. The summed E-state index contributed by atoms with van der Waals surface area (Å²) in [5.41, 5.74) is 0. The molecule has 7 nitrogen and oxygen atoms in total. The highest BCUT2D eigenvalue weighted by Crippen LogP contribution is 2.30. The van der Waals surface area contributed by atoms with Gasteiger partial charge in [-0.15, -0.1) is 0 Å². The molecule has 0 atom stereocenters. The summed E-state index contributed by atoms with van der Waals surface area (Å²) in [4.78, 5) is 0. The molecule has 0 bridgehead atoms. The first-order valence-electron chi connectivity index (χ1n) is 7.76. The molecular formula is C16H24O7. The van der Waals surface area contributed by atoms with Crippen LogP contribution in [-0.2, 0) is 18.9 Å². The van der Waals surface area contributed by atoms with Crippen molar-refractivity contribution in [2.45, 2.75) is 0 Å². The van der Waals surface area contributed by atoms with E-state index in [0.29, 0.717) is 77.6 Å². The fourth-order valence-electron chi connectivity index (χ4n) is 1.91. The van der Waals surface area contributed by atoms with Crippen molar-refractivity contribution in [1.82, 2.24) is 0 Å². The maximum Gasteiger partial charge on any atom is 0.164 e. The molecule has 2 rings (SSSR count). The first-order chi connectivity index (χ1) is 11.4. The Labute approximate surface area is 136 Å². The van der Waals surface area contributed by atoms with Gasteiger partial charge >= 0.3 is 0 Å². The molecule has 1 aliphatic heterocycles. The van der Waals surface area contributed by atoms with E-state index in [-0.39, 0.29) is 5.75 Å². The van der Waals surface area contributed by atoms with Gasteiger partial charge in [0.25, 0.3) is 0 Å². The number of benzene rings is 1. The lowest BCUT2D eigenvalue weighted by atomic mass is 10.3. The molecule has 0 fully saturated rings. The van der Waals surface area contributed by atoms with Crippen LogP contribution < -0.4 is 9.47 Å². The zero-order valence-corrected chi connectivity index (χ0v) is 13.2. The van der Waals surface area contributed by atoms with Crippen LogP contribution in [-0.4, -0.2) is 71.2 Å². The van der Waals surface area contributed by atoms with Crippen molar-refractivity contribution in [1.29, 1.82) is 0 Å². The van der Waals surface area contributed by atoms with E-state index in [2.05, 4.69) is 0 Å². The predicted molar refractivity (Wildman–Crippen MR) is 82.4 cm³/mol. The second-order valence-corrected chi connectivity index (χ2v) is 4.78. The Morgan fingerprint density at radius 1 is 0.565 bits per heavy atom. The van der Waals surface area contributed by atoms with Crippen LogP contribution in [0.5, 0.6) is 17.2 Å². The van der Waals surface area contributed by atoms with Gasteiger partial charge in [0.2, 0.25) is 0 Å². The van der Waals surface area contributed by atoms with E-state index in [1.165, 1.54) is 6.07 Å². The lowest BCUT2D eigenvalue weighted by Crippen LogP contribution is -2.15. The number of phenolic OH excluding ortho intramolecular Hbond substituents is 1. The number of hydrogen-bond acceptors (Lipinski definition) is 7. The molecule has 0 radical (unpaired) electrons. The molecule has 7 heteroatoms. The third-order valence-corrected chi connectivity index (χ3v) is 3.01. The third-order valence-electron chi connectivity index (χ3n) is 3.01. The molecule has 1 heterocycles. The minimum atomic E-state index is 0.122. The molecule has 23 heavy (non-hydrogen) atoms. The van der Waals surface area contributed by atoms with Gasteiger partial charge in [-0.3, -0.25) is 0 Å². The highest BCUT2D eigenvalue weighted by molar-refractivity contribution is 5.45. The van der Waals surface area contributed by atoms with E-state index in [0.717, 1.165) is 0 Å². The molecule has 0 saturated carbocycles. The normalized spacial score (nSPS) is 19.5. The fraction of sp³-hybridized carbons (Fsp3) is 0.625. The minimum absolute atomic E-state index is 0.122. The standard InChI is InChI=1S/C16H24O7/c17-14-1-2-15-16(13-14)23-12-10-21-8-6-19-4-3-18-5-7-20-9-11-22-15/h1-2,13,17H,3-12H2. The molecule has 0 spiro atoms. The Morgan fingerprint density at radius 3 is 1.52 bits per heavy atom. The number of fused-ring (bicyclic) bond motifs is 1. The Bertz CT molecular complexity index is 438. The van der Waals surface area contributed by atoms with E-state index in [9.17, 15) is 5.11 Å². The summed E-state index contributed by atoms with van der Waals surface area (Å²) in [5.74, 6) is 1.17. The number of hydrogen-bond donors (Lipinski definition) is 1. The van der Waals surface area contributed by atoms with E-state index in [1.807, 2.05) is 0 Å². The Morgan fingerprint density at radius 2 is 1.00 bits per heavy atom. The summed E-state index contributed by atoms with van der Waals surface area (Å²) in [7, 11) is 0. The molecule has 0 aromatic heterocycles. The molecule has 0 aliphatic carbocycles. The number of rotatable bonds is 0. The zero-order chi connectivity index (χ0) is 16.2. The van der Waals surface area contributed by atoms with Crippen molar-refractivity contribution in [2.75, 3.05) is 66.1 Å². The molecule has 1 aliphatic rings. The smallest absolute Gasteiger partial charge is 0.164 e. The number of ether oxygens (including phenoxy) is 6. The quantitative estimate of drug-likeness (QED) is 0.767. The van der Waals surface area contributed by atoms with Crippen LogP contribution in [0.2, 0.25) is 0 Å². The van der Waals surface area contributed by atoms with Gasteiger partial charge in [-0.25, -0.2) is 0 Å². The summed E-state index contributed by atoms with van der Waals surface area (Å²) in [6.07, 6.45) is 0.